The van der Waals surface area contributed by atoms with Crippen LogP contribution in [0.1, 0.15) is 22.0 Å². The number of benzene rings is 2. The van der Waals surface area contributed by atoms with Gasteiger partial charge in [-0.25, -0.2) is 4.79 Å². The maximum atomic E-state index is 12.6. The van der Waals surface area contributed by atoms with Crippen LogP contribution in [-0.4, -0.2) is 45.1 Å². The number of nitrogens with zero attached hydrogens (tertiary/aromatic N) is 1. The maximum Gasteiger partial charge on any atom is 0.337 e. The van der Waals surface area contributed by atoms with E-state index in [0.29, 0.717) is 17.1 Å². The normalized spacial score (nSPS) is 11.4. The summed E-state index contributed by atoms with van der Waals surface area (Å²) in [6.45, 7) is 0. The van der Waals surface area contributed by atoms with Gasteiger partial charge in [-0.3, -0.25) is 4.79 Å². The van der Waals surface area contributed by atoms with Crippen LogP contribution in [0.5, 0.6) is 11.5 Å². The molecule has 0 heterocycles. The molecule has 0 fully saturated rings. The van der Waals surface area contributed by atoms with Crippen LogP contribution in [0.2, 0.25) is 0 Å². The average Bonchev–Trinajstić information content (AvgIpc) is 2.65. The zero-order valence-corrected chi connectivity index (χ0v) is 14.7. The fourth-order valence-corrected chi connectivity index (χ4v) is 2.26. The number of hydrogen-bond acceptors (Lipinski definition) is 5. The van der Waals surface area contributed by atoms with Crippen LogP contribution in [0.4, 0.5) is 0 Å². The predicted octanol–water partition coefficient (Wildman–Crippen LogP) is 2.69. The van der Waals surface area contributed by atoms with E-state index in [9.17, 15) is 9.59 Å². The lowest BCUT2D eigenvalue weighted by molar-refractivity contribution is -0.136. The summed E-state index contributed by atoms with van der Waals surface area (Å²) in [5.74, 6) is 0.0220. The second kappa shape index (κ2) is 8.19. The molecule has 2 aromatic carbocycles. The molecule has 0 N–H and O–H groups in total. The van der Waals surface area contributed by atoms with E-state index in [4.69, 9.17) is 14.2 Å². The maximum absolute atomic E-state index is 12.6. The van der Waals surface area contributed by atoms with E-state index in [1.54, 1.807) is 26.2 Å². The molecule has 0 aromatic heterocycles. The molecule has 0 radical (unpaired) electrons. The van der Waals surface area contributed by atoms with Crippen molar-refractivity contribution in [2.24, 2.45) is 0 Å². The van der Waals surface area contributed by atoms with Crippen molar-refractivity contribution in [2.45, 2.75) is 6.10 Å². The van der Waals surface area contributed by atoms with Crippen molar-refractivity contribution in [2.75, 3.05) is 28.3 Å². The van der Waals surface area contributed by atoms with Crippen LogP contribution >= 0.6 is 0 Å². The van der Waals surface area contributed by atoms with Crippen LogP contribution < -0.4 is 9.47 Å². The van der Waals surface area contributed by atoms with Crippen molar-refractivity contribution in [3.63, 3.8) is 0 Å². The van der Waals surface area contributed by atoms with Gasteiger partial charge in [-0.2, -0.15) is 0 Å². The van der Waals surface area contributed by atoms with E-state index in [2.05, 4.69) is 0 Å². The summed E-state index contributed by atoms with van der Waals surface area (Å²) in [6, 6.07) is 13.9. The number of amides is 1. The molecule has 0 saturated heterocycles. The molecule has 6 nitrogen and oxygen atoms in total. The SMILES string of the molecule is COC(=O)c1ccc(O[C@H](C(=O)N(C)C)c2ccccc2)c(OC)c1. The first kappa shape index (κ1) is 18.3. The molecule has 0 spiro atoms. The number of ether oxygens (including phenoxy) is 3. The molecule has 0 aliphatic heterocycles. The lowest BCUT2D eigenvalue weighted by Gasteiger charge is -2.23. The van der Waals surface area contributed by atoms with Gasteiger partial charge in [-0.1, -0.05) is 30.3 Å². The fourth-order valence-electron chi connectivity index (χ4n) is 2.26. The largest absolute Gasteiger partial charge is 0.493 e. The van der Waals surface area contributed by atoms with Crippen molar-refractivity contribution in [3.05, 3.63) is 59.7 Å². The Morgan fingerprint density at radius 3 is 2.20 bits per heavy atom. The minimum atomic E-state index is -0.825. The van der Waals surface area contributed by atoms with Gasteiger partial charge in [0.1, 0.15) is 0 Å². The number of likely N-dealkylation sites (N-methyl/N-ethyl adjacent to an activating group) is 1. The summed E-state index contributed by atoms with van der Waals surface area (Å²) in [7, 11) is 6.10. The molecule has 0 saturated carbocycles. The van der Waals surface area contributed by atoms with Gasteiger partial charge in [0.15, 0.2) is 11.5 Å². The van der Waals surface area contributed by atoms with Gasteiger partial charge >= 0.3 is 5.97 Å². The molecule has 2 rings (SSSR count). The highest BCUT2D eigenvalue weighted by molar-refractivity contribution is 5.90. The second-order valence-corrected chi connectivity index (χ2v) is 5.50. The molecule has 0 aliphatic rings. The molecule has 1 amide bonds. The third-order valence-electron chi connectivity index (χ3n) is 3.60. The second-order valence-electron chi connectivity index (χ2n) is 5.50. The lowest BCUT2D eigenvalue weighted by atomic mass is 10.1. The fraction of sp³-hybridized carbons (Fsp3) is 0.263. The number of hydrogen-bond donors (Lipinski definition) is 0. The van der Waals surface area contributed by atoms with Crippen LogP contribution in [0, 0.1) is 0 Å². The van der Waals surface area contributed by atoms with Crippen LogP contribution in [0.3, 0.4) is 0 Å². The number of carbonyl (C=O) groups is 2. The Morgan fingerprint density at radius 2 is 1.64 bits per heavy atom. The third-order valence-corrected chi connectivity index (χ3v) is 3.60. The van der Waals surface area contributed by atoms with Gasteiger partial charge in [-0.05, 0) is 18.2 Å². The molecule has 0 bridgehead atoms. The van der Waals surface area contributed by atoms with Gasteiger partial charge in [-0.15, -0.1) is 0 Å². The quantitative estimate of drug-likeness (QED) is 0.755. The summed E-state index contributed by atoms with van der Waals surface area (Å²) in [5.41, 5.74) is 1.06. The Hall–Kier alpha value is -3.02. The number of methoxy groups -OCH3 is 2. The zero-order valence-electron chi connectivity index (χ0n) is 14.7. The van der Waals surface area contributed by atoms with Crippen molar-refractivity contribution in [1.29, 1.82) is 0 Å². The van der Waals surface area contributed by atoms with Gasteiger partial charge in [0.05, 0.1) is 19.8 Å². The van der Waals surface area contributed by atoms with Gasteiger partial charge < -0.3 is 19.1 Å². The Labute approximate surface area is 146 Å². The first-order valence-electron chi connectivity index (χ1n) is 7.67. The van der Waals surface area contributed by atoms with Gasteiger partial charge in [0.2, 0.25) is 6.10 Å². The molecule has 0 unspecified atom stereocenters. The number of rotatable bonds is 6. The molecule has 0 aliphatic carbocycles. The topological polar surface area (TPSA) is 65.1 Å². The van der Waals surface area contributed by atoms with E-state index in [1.165, 1.54) is 25.2 Å². The van der Waals surface area contributed by atoms with Gasteiger partial charge in [0, 0.05) is 19.7 Å². The lowest BCUT2D eigenvalue weighted by Crippen LogP contribution is -2.31. The van der Waals surface area contributed by atoms with E-state index in [-0.39, 0.29) is 5.91 Å². The number of carbonyl (C=O) groups excluding carboxylic acids is 2. The molecule has 1 atom stereocenters. The van der Waals surface area contributed by atoms with Crippen LogP contribution in [0.15, 0.2) is 48.5 Å². The zero-order chi connectivity index (χ0) is 18.4. The smallest absolute Gasteiger partial charge is 0.337 e. The summed E-state index contributed by atoms with van der Waals surface area (Å²) < 4.78 is 15.9. The Bertz CT molecular complexity index is 743. The minimum absolute atomic E-state index is 0.203. The van der Waals surface area contributed by atoms with E-state index in [0.717, 1.165) is 5.56 Å². The average molecular weight is 343 g/mol. The number of esters is 1. The first-order chi connectivity index (χ1) is 12.0. The van der Waals surface area contributed by atoms with E-state index >= 15 is 0 Å². The molecular weight excluding hydrogens is 322 g/mol. The summed E-state index contributed by atoms with van der Waals surface area (Å²) in [5, 5.41) is 0. The monoisotopic (exact) mass is 343 g/mol. The molecular formula is C19H21NO5. The predicted molar refractivity (Wildman–Crippen MR) is 92.8 cm³/mol. The van der Waals surface area contributed by atoms with Crippen molar-refractivity contribution >= 4 is 11.9 Å². The summed E-state index contributed by atoms with van der Waals surface area (Å²) in [4.78, 5) is 25.7. The Kier molecular flexibility index (Phi) is 6.00. The highest BCUT2D eigenvalue weighted by Crippen LogP contribution is 2.33. The van der Waals surface area contributed by atoms with Crippen molar-refractivity contribution < 1.29 is 23.8 Å². The molecule has 6 heteroatoms. The first-order valence-corrected chi connectivity index (χ1v) is 7.67. The van der Waals surface area contributed by atoms with Crippen molar-refractivity contribution in [3.8, 4) is 11.5 Å². The van der Waals surface area contributed by atoms with E-state index in [1.807, 2.05) is 30.3 Å². The van der Waals surface area contributed by atoms with Crippen LogP contribution in [0.25, 0.3) is 0 Å². The van der Waals surface area contributed by atoms with Crippen molar-refractivity contribution in [1.82, 2.24) is 4.90 Å². The minimum Gasteiger partial charge on any atom is -0.493 e. The molecule has 2 aromatic rings. The highest BCUT2D eigenvalue weighted by atomic mass is 16.5. The Morgan fingerprint density at radius 1 is 0.960 bits per heavy atom. The van der Waals surface area contributed by atoms with E-state index < -0.39 is 12.1 Å². The van der Waals surface area contributed by atoms with Gasteiger partial charge in [0.25, 0.3) is 5.91 Å². The molecule has 132 valence electrons. The summed E-state index contributed by atoms with van der Waals surface area (Å²) >= 11 is 0. The Balaban J connectivity index is 2.38. The molecule has 25 heavy (non-hydrogen) atoms. The van der Waals surface area contributed by atoms with Crippen LogP contribution in [-0.2, 0) is 9.53 Å². The third kappa shape index (κ3) is 4.29. The summed E-state index contributed by atoms with van der Waals surface area (Å²) in [6.07, 6.45) is -0.825. The highest BCUT2D eigenvalue weighted by Gasteiger charge is 2.25. The standard InChI is InChI=1S/C19H21NO5/c1-20(2)18(21)17(13-8-6-5-7-9-13)25-15-11-10-14(19(22)24-4)12-16(15)23-3/h5-12,17H,1-4H3/t17-/m0/s1.